The summed E-state index contributed by atoms with van der Waals surface area (Å²) < 4.78 is 25.0. The number of fused-ring (bicyclic) bond motifs is 1. The number of pyridine rings is 2. The molecule has 1 aliphatic carbocycles. The monoisotopic (exact) mass is 413 g/mol. The molecule has 0 radical (unpaired) electrons. The summed E-state index contributed by atoms with van der Waals surface area (Å²) in [5, 5.41) is 0.291. The van der Waals surface area contributed by atoms with Gasteiger partial charge in [-0.15, -0.1) is 0 Å². The zero-order chi connectivity index (χ0) is 21.7. The molecule has 0 spiro atoms. The van der Waals surface area contributed by atoms with E-state index in [4.69, 9.17) is 5.73 Å². The lowest BCUT2D eigenvalue weighted by Crippen LogP contribution is -2.19. The van der Waals surface area contributed by atoms with E-state index >= 15 is 0 Å². The number of rotatable bonds is 3. The Morgan fingerprint density at radius 1 is 1.20 bits per heavy atom. The molecule has 1 saturated carbocycles. The van der Waals surface area contributed by atoms with Gasteiger partial charge in [-0.05, 0) is 42.9 Å². The number of nitrogens with two attached hydrogens (primary N) is 1. The smallest absolute Gasteiger partial charge is 0.268 e. The molecule has 1 aliphatic rings. The third-order valence-corrected chi connectivity index (χ3v) is 5.45. The van der Waals surface area contributed by atoms with Crippen molar-refractivity contribution in [3.8, 4) is 0 Å². The molecule has 0 unspecified atom stereocenters. The van der Waals surface area contributed by atoms with Crippen LogP contribution >= 0.6 is 0 Å². The highest BCUT2D eigenvalue weighted by Gasteiger charge is 2.19. The maximum Gasteiger partial charge on any atom is 0.268 e. The largest absolute Gasteiger partial charge is 0.364 e. The third kappa shape index (κ3) is 4.72. The molecule has 1 fully saturated rings. The molecule has 5 nitrogen and oxygen atoms in total. The maximum atomic E-state index is 12.6. The van der Waals surface area contributed by atoms with Gasteiger partial charge in [-0.25, -0.2) is 8.78 Å². The first-order valence-electron chi connectivity index (χ1n) is 10.2. The van der Waals surface area contributed by atoms with Crippen LogP contribution in [-0.4, -0.2) is 15.9 Å². The molecule has 0 aliphatic heterocycles. The molecule has 0 saturated heterocycles. The average Bonchev–Trinajstić information content (AvgIpc) is 2.76. The quantitative estimate of drug-likeness (QED) is 0.658. The van der Waals surface area contributed by atoms with Gasteiger partial charge in [0.2, 0.25) is 0 Å². The number of aromatic nitrogens is 2. The number of carbonyl (C=O) groups is 1. The minimum Gasteiger partial charge on any atom is -0.364 e. The molecular weight excluding hydrogens is 388 g/mol. The average molecular weight is 413 g/mol. The molecular formula is C23H25F2N3O2. The number of halogens is 2. The van der Waals surface area contributed by atoms with Crippen molar-refractivity contribution in [2.24, 2.45) is 5.73 Å². The van der Waals surface area contributed by atoms with E-state index in [1.165, 1.54) is 31.5 Å². The van der Waals surface area contributed by atoms with E-state index in [0.29, 0.717) is 28.8 Å². The van der Waals surface area contributed by atoms with E-state index < -0.39 is 17.5 Å². The van der Waals surface area contributed by atoms with Crippen LogP contribution in [0, 0.1) is 11.6 Å². The molecule has 2 aromatic heterocycles. The zero-order valence-electron chi connectivity index (χ0n) is 16.9. The van der Waals surface area contributed by atoms with Crippen LogP contribution in [0.3, 0.4) is 0 Å². The summed E-state index contributed by atoms with van der Waals surface area (Å²) in [6.45, 7) is 1.79. The molecule has 158 valence electrons. The number of aryl methyl sites for hydroxylation is 1. The zero-order valence-corrected chi connectivity index (χ0v) is 16.9. The number of nitrogens with zero attached hydrogens (tertiary/aromatic N) is 1. The van der Waals surface area contributed by atoms with Crippen molar-refractivity contribution in [1.29, 1.82) is 0 Å². The van der Waals surface area contributed by atoms with Gasteiger partial charge in [0, 0.05) is 18.0 Å². The number of aromatic amines is 1. The first-order valence-corrected chi connectivity index (χ1v) is 10.2. The molecule has 0 atom stereocenters. The van der Waals surface area contributed by atoms with Crippen molar-refractivity contribution in [2.45, 2.75) is 51.4 Å². The number of amides is 1. The Balaban J connectivity index is 0.000000216. The Morgan fingerprint density at radius 3 is 2.57 bits per heavy atom. The minimum absolute atomic E-state index is 0.0407. The SMILES string of the molecule is CCc1cccc(F)c1F.NC(=O)c1nccc2[nH]c(C3CCCCC3)cc(=O)c12. The summed E-state index contributed by atoms with van der Waals surface area (Å²) in [5.41, 5.74) is 7.17. The van der Waals surface area contributed by atoms with E-state index in [-0.39, 0.29) is 11.1 Å². The van der Waals surface area contributed by atoms with Gasteiger partial charge in [-0.2, -0.15) is 0 Å². The molecule has 0 bridgehead atoms. The summed E-state index contributed by atoms with van der Waals surface area (Å²) in [5.74, 6) is -1.75. The molecule has 7 heteroatoms. The Bertz CT molecular complexity index is 1110. The standard InChI is InChI=1S/C15H17N3O2.C8H8F2/c16-15(20)14-13-10(6-7-17-14)18-11(8-12(13)19)9-4-2-1-3-5-9;1-2-6-4-3-5-7(9)8(6)10/h6-9H,1-5H2,(H2,16,20)(H,18,19);3-5H,2H2,1H3. The molecule has 3 aromatic rings. The first-order chi connectivity index (χ1) is 14.4. The van der Waals surface area contributed by atoms with Gasteiger partial charge in [-0.3, -0.25) is 14.6 Å². The highest BCUT2D eigenvalue weighted by Crippen LogP contribution is 2.31. The molecule has 2 heterocycles. The predicted molar refractivity (Wildman–Crippen MR) is 112 cm³/mol. The van der Waals surface area contributed by atoms with Crippen molar-refractivity contribution < 1.29 is 13.6 Å². The number of carbonyl (C=O) groups excluding carboxylic acids is 1. The van der Waals surface area contributed by atoms with Gasteiger partial charge in [0.25, 0.3) is 5.91 Å². The van der Waals surface area contributed by atoms with Gasteiger partial charge in [0.15, 0.2) is 17.1 Å². The van der Waals surface area contributed by atoms with Crippen LogP contribution in [0.25, 0.3) is 10.9 Å². The van der Waals surface area contributed by atoms with Crippen LogP contribution in [0.1, 0.15) is 66.7 Å². The minimum atomic E-state index is -0.764. The lowest BCUT2D eigenvalue weighted by molar-refractivity contribution is 0.0997. The normalized spacial score (nSPS) is 14.2. The van der Waals surface area contributed by atoms with E-state index in [1.807, 2.05) is 0 Å². The summed E-state index contributed by atoms with van der Waals surface area (Å²) in [6.07, 6.45) is 7.92. The van der Waals surface area contributed by atoms with Crippen molar-refractivity contribution in [2.75, 3.05) is 0 Å². The molecule has 4 rings (SSSR count). The number of hydrogen-bond acceptors (Lipinski definition) is 3. The third-order valence-electron chi connectivity index (χ3n) is 5.45. The second-order valence-corrected chi connectivity index (χ2v) is 7.44. The predicted octanol–water partition coefficient (Wildman–Crippen LogP) is 4.60. The number of benzene rings is 1. The van der Waals surface area contributed by atoms with Crippen molar-refractivity contribution >= 4 is 16.8 Å². The maximum absolute atomic E-state index is 12.6. The molecule has 1 aromatic carbocycles. The summed E-state index contributed by atoms with van der Waals surface area (Å²) >= 11 is 0. The van der Waals surface area contributed by atoms with Crippen LogP contribution in [0.4, 0.5) is 8.78 Å². The first kappa shape index (κ1) is 21.6. The van der Waals surface area contributed by atoms with Crippen LogP contribution in [0.15, 0.2) is 41.3 Å². The summed E-state index contributed by atoms with van der Waals surface area (Å²) in [7, 11) is 0. The van der Waals surface area contributed by atoms with E-state index in [0.717, 1.165) is 24.6 Å². The van der Waals surface area contributed by atoms with E-state index in [2.05, 4.69) is 9.97 Å². The van der Waals surface area contributed by atoms with E-state index in [1.54, 1.807) is 25.1 Å². The summed E-state index contributed by atoms with van der Waals surface area (Å²) in [4.78, 5) is 30.9. The van der Waals surface area contributed by atoms with Gasteiger partial charge < -0.3 is 10.7 Å². The topological polar surface area (TPSA) is 88.8 Å². The van der Waals surface area contributed by atoms with Crippen LogP contribution < -0.4 is 11.2 Å². The van der Waals surface area contributed by atoms with Crippen molar-refractivity contribution in [1.82, 2.24) is 9.97 Å². The summed E-state index contributed by atoms with van der Waals surface area (Å²) in [6, 6.07) is 7.53. The highest BCUT2D eigenvalue weighted by atomic mass is 19.2. The van der Waals surface area contributed by atoms with Crippen molar-refractivity contribution in [3.05, 3.63) is 75.3 Å². The van der Waals surface area contributed by atoms with Crippen LogP contribution in [-0.2, 0) is 6.42 Å². The number of primary amides is 1. The van der Waals surface area contributed by atoms with Gasteiger partial charge in [0.05, 0.1) is 10.9 Å². The number of hydrogen-bond donors (Lipinski definition) is 2. The second kappa shape index (κ2) is 9.61. The lowest BCUT2D eigenvalue weighted by Gasteiger charge is -2.21. The second-order valence-electron chi connectivity index (χ2n) is 7.44. The fourth-order valence-corrected chi connectivity index (χ4v) is 3.86. The Kier molecular flexibility index (Phi) is 6.92. The fraction of sp³-hybridized carbons (Fsp3) is 0.348. The van der Waals surface area contributed by atoms with Crippen molar-refractivity contribution in [3.63, 3.8) is 0 Å². The number of H-pyrrole nitrogens is 1. The van der Waals surface area contributed by atoms with E-state index in [9.17, 15) is 18.4 Å². The Morgan fingerprint density at radius 2 is 1.93 bits per heavy atom. The fourth-order valence-electron chi connectivity index (χ4n) is 3.86. The van der Waals surface area contributed by atoms with Gasteiger partial charge >= 0.3 is 0 Å². The number of nitrogens with one attached hydrogen (secondary N) is 1. The molecule has 30 heavy (non-hydrogen) atoms. The highest BCUT2D eigenvalue weighted by molar-refractivity contribution is 6.03. The van der Waals surface area contributed by atoms with Crippen LogP contribution in [0.2, 0.25) is 0 Å². The Labute approximate surface area is 173 Å². The molecule has 1 amide bonds. The Hall–Kier alpha value is -3.09. The molecule has 3 N–H and O–H groups in total. The van der Waals surface area contributed by atoms with Gasteiger partial charge in [0.1, 0.15) is 5.69 Å². The van der Waals surface area contributed by atoms with Crippen LogP contribution in [0.5, 0.6) is 0 Å². The lowest BCUT2D eigenvalue weighted by atomic mass is 9.86. The van der Waals surface area contributed by atoms with Gasteiger partial charge in [-0.1, -0.05) is 38.3 Å².